The average molecular weight is 430 g/mol. The molecule has 0 bridgehead atoms. The second kappa shape index (κ2) is 10.1. The van der Waals surface area contributed by atoms with Crippen LogP contribution in [0.3, 0.4) is 0 Å². The first kappa shape index (κ1) is 21.6. The largest absolute Gasteiger partial charge is 0.417 e. The molecule has 0 aliphatic carbocycles. The highest BCUT2D eigenvalue weighted by Crippen LogP contribution is 2.28. The molecule has 3 aromatic carbocycles. The number of carbonyl (C=O) groups excluding carboxylic acids is 2. The van der Waals surface area contributed by atoms with E-state index in [-0.39, 0.29) is 17.9 Å². The molecule has 0 saturated carbocycles. The van der Waals surface area contributed by atoms with Crippen molar-refractivity contribution in [3.8, 4) is 16.9 Å². The van der Waals surface area contributed by atoms with E-state index in [9.17, 15) is 9.59 Å². The summed E-state index contributed by atoms with van der Waals surface area (Å²) in [7, 11) is 0. The van der Waals surface area contributed by atoms with Gasteiger partial charge in [-0.1, -0.05) is 60.7 Å². The minimum atomic E-state index is -0.546. The Balaban J connectivity index is 1.40. The number of amides is 2. The summed E-state index contributed by atoms with van der Waals surface area (Å²) in [5, 5.41) is 6.29. The number of anilines is 1. The predicted octanol–water partition coefficient (Wildman–Crippen LogP) is 4.36. The Morgan fingerprint density at radius 2 is 1.78 bits per heavy atom. The SMILES string of the molecule is NC(=O)C1CCNC(Cc2cccc(OC(=O)Nc3ccccc3-c3ccccc3)c2)C1. The van der Waals surface area contributed by atoms with Gasteiger partial charge in [0.05, 0.1) is 5.69 Å². The molecule has 4 N–H and O–H groups in total. The van der Waals surface area contributed by atoms with Gasteiger partial charge >= 0.3 is 6.09 Å². The molecule has 0 radical (unpaired) electrons. The van der Waals surface area contributed by atoms with Crippen molar-refractivity contribution in [2.75, 3.05) is 11.9 Å². The zero-order chi connectivity index (χ0) is 22.3. The highest BCUT2D eigenvalue weighted by atomic mass is 16.6. The third kappa shape index (κ3) is 5.53. The molecule has 4 rings (SSSR count). The zero-order valence-corrected chi connectivity index (χ0v) is 17.8. The van der Waals surface area contributed by atoms with Crippen LogP contribution in [0, 0.1) is 5.92 Å². The van der Waals surface area contributed by atoms with Gasteiger partial charge in [-0.05, 0) is 55.1 Å². The van der Waals surface area contributed by atoms with Crippen LogP contribution in [0.4, 0.5) is 10.5 Å². The van der Waals surface area contributed by atoms with E-state index in [0.29, 0.717) is 11.4 Å². The lowest BCUT2D eigenvalue weighted by atomic mass is 9.89. The number of hydrogen-bond acceptors (Lipinski definition) is 4. The van der Waals surface area contributed by atoms with E-state index >= 15 is 0 Å². The van der Waals surface area contributed by atoms with Crippen molar-refractivity contribution in [2.45, 2.75) is 25.3 Å². The van der Waals surface area contributed by atoms with Crippen molar-refractivity contribution >= 4 is 17.7 Å². The number of hydrogen-bond donors (Lipinski definition) is 3. The molecule has 3 aromatic rings. The first-order valence-corrected chi connectivity index (χ1v) is 10.8. The van der Waals surface area contributed by atoms with Crippen LogP contribution in [0.5, 0.6) is 5.75 Å². The number of nitrogens with one attached hydrogen (secondary N) is 2. The summed E-state index contributed by atoms with van der Waals surface area (Å²) >= 11 is 0. The fourth-order valence-corrected chi connectivity index (χ4v) is 4.14. The first-order chi connectivity index (χ1) is 15.6. The maximum absolute atomic E-state index is 12.6. The molecule has 1 aliphatic rings. The van der Waals surface area contributed by atoms with Gasteiger partial charge < -0.3 is 15.8 Å². The number of benzene rings is 3. The minimum absolute atomic E-state index is 0.0869. The predicted molar refractivity (Wildman–Crippen MR) is 125 cm³/mol. The fourth-order valence-electron chi connectivity index (χ4n) is 4.14. The normalized spacial score (nSPS) is 18.0. The second-order valence-corrected chi connectivity index (χ2v) is 8.05. The summed E-state index contributed by atoms with van der Waals surface area (Å²) < 4.78 is 5.55. The van der Waals surface area contributed by atoms with Crippen molar-refractivity contribution in [3.05, 3.63) is 84.4 Å². The van der Waals surface area contributed by atoms with Crippen molar-refractivity contribution in [2.24, 2.45) is 11.7 Å². The van der Waals surface area contributed by atoms with E-state index in [4.69, 9.17) is 10.5 Å². The van der Waals surface area contributed by atoms with Gasteiger partial charge in [-0.3, -0.25) is 10.1 Å². The molecular formula is C26H27N3O3. The molecule has 1 heterocycles. The number of nitrogens with two attached hydrogens (primary N) is 1. The molecule has 0 spiro atoms. The number of carbonyl (C=O) groups is 2. The Kier molecular flexibility index (Phi) is 6.82. The van der Waals surface area contributed by atoms with E-state index < -0.39 is 6.09 Å². The molecule has 1 fully saturated rings. The number of piperidine rings is 1. The highest BCUT2D eigenvalue weighted by molar-refractivity contribution is 5.92. The van der Waals surface area contributed by atoms with E-state index in [1.165, 1.54) is 0 Å². The summed E-state index contributed by atoms with van der Waals surface area (Å²) in [5.41, 5.74) is 9.13. The van der Waals surface area contributed by atoms with E-state index in [2.05, 4.69) is 10.6 Å². The lowest BCUT2D eigenvalue weighted by molar-refractivity contribution is -0.122. The van der Waals surface area contributed by atoms with Crippen LogP contribution in [-0.2, 0) is 11.2 Å². The van der Waals surface area contributed by atoms with Gasteiger partial charge in [0.25, 0.3) is 0 Å². The fraction of sp³-hybridized carbons (Fsp3) is 0.231. The van der Waals surface area contributed by atoms with E-state index in [0.717, 1.165) is 42.5 Å². The molecule has 2 atom stereocenters. The molecule has 1 saturated heterocycles. The maximum Gasteiger partial charge on any atom is 0.417 e. The molecular weight excluding hydrogens is 402 g/mol. The molecule has 6 heteroatoms. The van der Waals surface area contributed by atoms with Crippen LogP contribution in [0.2, 0.25) is 0 Å². The van der Waals surface area contributed by atoms with Crippen molar-refractivity contribution < 1.29 is 14.3 Å². The van der Waals surface area contributed by atoms with Crippen molar-refractivity contribution in [3.63, 3.8) is 0 Å². The molecule has 164 valence electrons. The summed E-state index contributed by atoms with van der Waals surface area (Å²) in [4.78, 5) is 24.1. The Morgan fingerprint density at radius 1 is 1.00 bits per heavy atom. The Morgan fingerprint density at radius 3 is 2.59 bits per heavy atom. The summed E-state index contributed by atoms with van der Waals surface area (Å²) in [6, 6.07) is 25.1. The number of primary amides is 1. The third-order valence-electron chi connectivity index (χ3n) is 5.74. The molecule has 32 heavy (non-hydrogen) atoms. The molecule has 2 unspecified atom stereocenters. The van der Waals surface area contributed by atoms with Crippen molar-refractivity contribution in [1.29, 1.82) is 0 Å². The quantitative estimate of drug-likeness (QED) is 0.543. The average Bonchev–Trinajstić information content (AvgIpc) is 2.80. The molecule has 6 nitrogen and oxygen atoms in total. The topological polar surface area (TPSA) is 93.5 Å². The zero-order valence-electron chi connectivity index (χ0n) is 17.8. The number of ether oxygens (including phenoxy) is 1. The highest BCUT2D eigenvalue weighted by Gasteiger charge is 2.25. The Hall–Kier alpha value is -3.64. The number of para-hydroxylation sites is 1. The standard InChI is InChI=1S/C26H27N3O3/c27-25(30)20-13-14-28-21(17-20)15-18-7-6-10-22(16-18)32-26(31)29-24-12-5-4-11-23(24)19-8-2-1-3-9-19/h1-12,16,20-21,28H,13-15,17H2,(H2,27,30)(H,29,31). The minimum Gasteiger partial charge on any atom is -0.410 e. The second-order valence-electron chi connectivity index (χ2n) is 8.05. The van der Waals surface area contributed by atoms with E-state index in [1.807, 2.05) is 72.8 Å². The summed E-state index contributed by atoms with van der Waals surface area (Å²) in [5.74, 6) is 0.150. The Bertz CT molecular complexity index is 1080. The lowest BCUT2D eigenvalue weighted by Crippen LogP contribution is -2.43. The van der Waals surface area contributed by atoms with Gasteiger partial charge in [0, 0.05) is 17.5 Å². The van der Waals surface area contributed by atoms with Gasteiger partial charge in [0.15, 0.2) is 0 Å². The van der Waals surface area contributed by atoms with Crippen LogP contribution in [-0.4, -0.2) is 24.6 Å². The van der Waals surface area contributed by atoms with Gasteiger partial charge in [-0.15, -0.1) is 0 Å². The summed E-state index contributed by atoms with van der Waals surface area (Å²) in [6.07, 6.45) is 1.69. The smallest absolute Gasteiger partial charge is 0.410 e. The van der Waals surface area contributed by atoms with Crippen LogP contribution >= 0.6 is 0 Å². The van der Waals surface area contributed by atoms with Crippen LogP contribution < -0.4 is 21.1 Å². The Labute approximate surface area is 187 Å². The molecule has 1 aliphatic heterocycles. The van der Waals surface area contributed by atoms with Gasteiger partial charge in [-0.2, -0.15) is 0 Å². The van der Waals surface area contributed by atoms with Crippen LogP contribution in [0.1, 0.15) is 18.4 Å². The van der Waals surface area contributed by atoms with Gasteiger partial charge in [-0.25, -0.2) is 4.79 Å². The monoisotopic (exact) mass is 429 g/mol. The van der Waals surface area contributed by atoms with Crippen molar-refractivity contribution in [1.82, 2.24) is 5.32 Å². The van der Waals surface area contributed by atoms with Gasteiger partial charge in [0.1, 0.15) is 5.75 Å². The van der Waals surface area contributed by atoms with E-state index in [1.54, 1.807) is 6.07 Å². The lowest BCUT2D eigenvalue weighted by Gasteiger charge is -2.28. The van der Waals surface area contributed by atoms with Crippen LogP contribution in [0.25, 0.3) is 11.1 Å². The summed E-state index contributed by atoms with van der Waals surface area (Å²) in [6.45, 7) is 0.775. The van der Waals surface area contributed by atoms with Crippen LogP contribution in [0.15, 0.2) is 78.9 Å². The molecule has 0 aromatic heterocycles. The first-order valence-electron chi connectivity index (χ1n) is 10.8. The molecule has 2 amide bonds. The van der Waals surface area contributed by atoms with Gasteiger partial charge in [0.2, 0.25) is 5.91 Å². The third-order valence-corrected chi connectivity index (χ3v) is 5.74. The maximum atomic E-state index is 12.6. The number of rotatable bonds is 6.